The van der Waals surface area contributed by atoms with Crippen molar-refractivity contribution < 1.29 is 4.79 Å². The van der Waals surface area contributed by atoms with Crippen molar-refractivity contribution in [2.75, 3.05) is 13.1 Å². The molecule has 0 unspecified atom stereocenters. The molecule has 88 valence electrons. The summed E-state index contributed by atoms with van der Waals surface area (Å²) in [6.07, 6.45) is 4.96. The number of nitrogens with zero attached hydrogens (tertiary/aromatic N) is 1. The van der Waals surface area contributed by atoms with Gasteiger partial charge in [0.2, 0.25) is 0 Å². The molecule has 0 spiro atoms. The number of amides is 1. The fourth-order valence-electron chi connectivity index (χ4n) is 1.83. The highest BCUT2D eigenvalue weighted by atomic mass is 16.2. The molecule has 4 nitrogen and oxygen atoms in total. The van der Waals surface area contributed by atoms with E-state index in [1.54, 1.807) is 0 Å². The molecule has 1 fully saturated rings. The van der Waals surface area contributed by atoms with Gasteiger partial charge in [-0.25, -0.2) is 5.01 Å². The number of nitrogens with two attached hydrogens (primary N) is 1. The van der Waals surface area contributed by atoms with Gasteiger partial charge in [0.1, 0.15) is 0 Å². The zero-order chi connectivity index (χ0) is 11.3. The molecule has 1 aliphatic rings. The molecule has 0 saturated carbocycles. The first kappa shape index (κ1) is 12.5. The van der Waals surface area contributed by atoms with Gasteiger partial charge in [-0.15, -0.1) is 0 Å². The summed E-state index contributed by atoms with van der Waals surface area (Å²) >= 11 is 0. The Hall–Kier alpha value is -0.610. The molecule has 0 aromatic heterocycles. The van der Waals surface area contributed by atoms with Crippen molar-refractivity contribution in [2.24, 2.45) is 5.73 Å². The molecule has 0 aromatic rings. The third kappa shape index (κ3) is 3.18. The minimum Gasteiger partial charge on any atom is -0.317 e. The first-order valence-electron chi connectivity index (χ1n) is 5.97. The van der Waals surface area contributed by atoms with Crippen LogP contribution in [0.3, 0.4) is 0 Å². The van der Waals surface area contributed by atoms with E-state index in [4.69, 9.17) is 5.73 Å². The monoisotopic (exact) mass is 213 g/mol. The summed E-state index contributed by atoms with van der Waals surface area (Å²) in [5.41, 5.74) is 8.25. The minimum absolute atomic E-state index is 0.0330. The Kier molecular flexibility index (Phi) is 4.54. The van der Waals surface area contributed by atoms with Crippen molar-refractivity contribution >= 4 is 5.91 Å². The number of rotatable bonds is 4. The molecule has 1 rings (SSSR count). The number of hydrazine groups is 1. The number of hydrogen-bond acceptors (Lipinski definition) is 3. The molecule has 0 bridgehead atoms. The fourth-order valence-corrected chi connectivity index (χ4v) is 1.83. The third-order valence-corrected chi connectivity index (χ3v) is 3.33. The molecular formula is C11H23N3O. The molecular weight excluding hydrogens is 190 g/mol. The second kappa shape index (κ2) is 5.47. The molecule has 0 radical (unpaired) electrons. The van der Waals surface area contributed by atoms with Gasteiger partial charge in [-0.1, -0.05) is 20.3 Å². The van der Waals surface area contributed by atoms with Gasteiger partial charge < -0.3 is 5.73 Å². The summed E-state index contributed by atoms with van der Waals surface area (Å²) in [6, 6.07) is 0. The van der Waals surface area contributed by atoms with Crippen LogP contribution in [-0.2, 0) is 4.79 Å². The zero-order valence-corrected chi connectivity index (χ0v) is 9.88. The van der Waals surface area contributed by atoms with Crippen LogP contribution >= 0.6 is 0 Å². The first-order chi connectivity index (χ1) is 7.12. The first-order valence-corrected chi connectivity index (χ1v) is 5.97. The van der Waals surface area contributed by atoms with Crippen LogP contribution in [0.1, 0.15) is 46.0 Å². The van der Waals surface area contributed by atoms with Gasteiger partial charge in [0, 0.05) is 13.1 Å². The molecule has 0 aromatic carbocycles. The van der Waals surface area contributed by atoms with Crippen LogP contribution in [0.5, 0.6) is 0 Å². The third-order valence-electron chi connectivity index (χ3n) is 3.33. The van der Waals surface area contributed by atoms with Gasteiger partial charge in [0.15, 0.2) is 0 Å². The highest BCUT2D eigenvalue weighted by Crippen LogP contribution is 2.12. The van der Waals surface area contributed by atoms with E-state index in [0.29, 0.717) is 12.8 Å². The van der Waals surface area contributed by atoms with Crippen LogP contribution in [0.2, 0.25) is 0 Å². The summed E-state index contributed by atoms with van der Waals surface area (Å²) < 4.78 is 0. The molecule has 0 atom stereocenters. The lowest BCUT2D eigenvalue weighted by atomic mass is 9.93. The Balaban J connectivity index is 2.45. The van der Waals surface area contributed by atoms with E-state index in [1.807, 2.05) is 18.9 Å². The standard InChI is InChI=1S/C11H23N3O/c1-3-11(12,4-2)10(15)13-14-8-6-5-7-9-14/h3-9,12H2,1-2H3,(H,13,15). The molecule has 3 N–H and O–H groups in total. The van der Waals surface area contributed by atoms with E-state index in [-0.39, 0.29) is 5.91 Å². The average molecular weight is 213 g/mol. The van der Waals surface area contributed by atoms with Crippen LogP contribution in [0, 0.1) is 0 Å². The normalized spacial score (nSPS) is 18.9. The Labute approximate surface area is 92.2 Å². The Morgan fingerprint density at radius 2 is 1.80 bits per heavy atom. The van der Waals surface area contributed by atoms with Crippen molar-refractivity contribution in [3.63, 3.8) is 0 Å². The number of piperidine rings is 1. The zero-order valence-electron chi connectivity index (χ0n) is 9.88. The lowest BCUT2D eigenvalue weighted by molar-refractivity contribution is -0.132. The molecule has 1 aliphatic heterocycles. The van der Waals surface area contributed by atoms with Gasteiger partial charge in [-0.3, -0.25) is 10.2 Å². The predicted octanol–water partition coefficient (Wildman–Crippen LogP) is 1.02. The Morgan fingerprint density at radius 1 is 1.27 bits per heavy atom. The Bertz CT molecular complexity index is 208. The van der Waals surface area contributed by atoms with Crippen LogP contribution in [-0.4, -0.2) is 29.5 Å². The van der Waals surface area contributed by atoms with E-state index in [0.717, 1.165) is 25.9 Å². The van der Waals surface area contributed by atoms with Crippen LogP contribution < -0.4 is 11.2 Å². The summed E-state index contributed by atoms with van der Waals surface area (Å²) in [5.74, 6) is -0.0330. The van der Waals surface area contributed by atoms with E-state index in [1.165, 1.54) is 6.42 Å². The maximum atomic E-state index is 11.9. The second-order valence-electron chi connectivity index (χ2n) is 4.35. The van der Waals surface area contributed by atoms with E-state index >= 15 is 0 Å². The van der Waals surface area contributed by atoms with Crippen LogP contribution in [0.4, 0.5) is 0 Å². The largest absolute Gasteiger partial charge is 0.317 e. The topological polar surface area (TPSA) is 58.4 Å². The fraction of sp³-hybridized carbons (Fsp3) is 0.909. The molecule has 1 heterocycles. The molecule has 1 amide bonds. The minimum atomic E-state index is -0.697. The number of hydrogen-bond donors (Lipinski definition) is 2. The van der Waals surface area contributed by atoms with Crippen LogP contribution in [0.25, 0.3) is 0 Å². The lowest BCUT2D eigenvalue weighted by Gasteiger charge is -2.32. The van der Waals surface area contributed by atoms with Gasteiger partial charge in [0.25, 0.3) is 5.91 Å². The van der Waals surface area contributed by atoms with Crippen molar-refractivity contribution in [1.82, 2.24) is 10.4 Å². The van der Waals surface area contributed by atoms with Crippen molar-refractivity contribution in [3.05, 3.63) is 0 Å². The molecule has 0 aliphatic carbocycles. The predicted molar refractivity (Wildman–Crippen MR) is 61.1 cm³/mol. The van der Waals surface area contributed by atoms with Crippen molar-refractivity contribution in [1.29, 1.82) is 0 Å². The van der Waals surface area contributed by atoms with E-state index in [2.05, 4.69) is 5.43 Å². The highest BCUT2D eigenvalue weighted by molar-refractivity contribution is 5.85. The molecule has 4 heteroatoms. The highest BCUT2D eigenvalue weighted by Gasteiger charge is 2.31. The Morgan fingerprint density at radius 3 is 2.27 bits per heavy atom. The number of carbonyl (C=O) groups is 1. The van der Waals surface area contributed by atoms with Gasteiger partial charge >= 0.3 is 0 Å². The number of carbonyl (C=O) groups excluding carboxylic acids is 1. The van der Waals surface area contributed by atoms with Gasteiger partial charge in [0.05, 0.1) is 5.54 Å². The van der Waals surface area contributed by atoms with Crippen LogP contribution in [0.15, 0.2) is 0 Å². The SMILES string of the molecule is CCC(N)(CC)C(=O)NN1CCCCC1. The second-order valence-corrected chi connectivity index (χ2v) is 4.35. The molecule has 15 heavy (non-hydrogen) atoms. The quantitative estimate of drug-likeness (QED) is 0.733. The molecule has 1 saturated heterocycles. The smallest absolute Gasteiger partial charge is 0.254 e. The van der Waals surface area contributed by atoms with Crippen molar-refractivity contribution in [3.8, 4) is 0 Å². The summed E-state index contributed by atoms with van der Waals surface area (Å²) in [7, 11) is 0. The van der Waals surface area contributed by atoms with E-state index in [9.17, 15) is 4.79 Å². The summed E-state index contributed by atoms with van der Waals surface area (Å²) in [4.78, 5) is 11.9. The summed E-state index contributed by atoms with van der Waals surface area (Å²) in [5, 5.41) is 2.00. The maximum Gasteiger partial charge on any atom is 0.254 e. The van der Waals surface area contributed by atoms with Gasteiger partial charge in [-0.2, -0.15) is 0 Å². The number of nitrogens with one attached hydrogen (secondary N) is 1. The van der Waals surface area contributed by atoms with Crippen molar-refractivity contribution in [2.45, 2.75) is 51.5 Å². The van der Waals surface area contributed by atoms with E-state index < -0.39 is 5.54 Å². The summed E-state index contributed by atoms with van der Waals surface area (Å²) in [6.45, 7) is 5.82. The maximum absolute atomic E-state index is 11.9. The average Bonchev–Trinajstić information content (AvgIpc) is 2.29. The lowest BCUT2D eigenvalue weighted by Crippen LogP contribution is -2.58. The van der Waals surface area contributed by atoms with Gasteiger partial charge in [-0.05, 0) is 25.7 Å².